The van der Waals surface area contributed by atoms with Crippen LogP contribution in [0.3, 0.4) is 0 Å². The van der Waals surface area contributed by atoms with Gasteiger partial charge < -0.3 is 5.11 Å². The third-order valence-corrected chi connectivity index (χ3v) is 2.68. The van der Waals surface area contributed by atoms with Gasteiger partial charge in [-0.3, -0.25) is 4.79 Å². The molecule has 0 radical (unpaired) electrons. The molecule has 1 aliphatic carbocycles. The standard InChI is InChI=1S/C9H16O2/c1-7-5-3-2-4-6-8(7)9(10)11/h7-8H,2-6H2,1H3,(H,10,11)/t7?,8-/m1/s1. The average Bonchev–Trinajstić information content (AvgIpc) is 2.13. The molecule has 0 spiro atoms. The van der Waals surface area contributed by atoms with Gasteiger partial charge in [0.15, 0.2) is 0 Å². The lowest BCUT2D eigenvalue weighted by Crippen LogP contribution is -2.20. The molecule has 0 aromatic rings. The highest BCUT2D eigenvalue weighted by molar-refractivity contribution is 5.70. The van der Waals surface area contributed by atoms with Crippen molar-refractivity contribution in [1.82, 2.24) is 0 Å². The highest BCUT2D eigenvalue weighted by Gasteiger charge is 2.25. The maximum absolute atomic E-state index is 10.7. The second-order valence-corrected chi connectivity index (χ2v) is 3.56. The molecule has 1 unspecified atom stereocenters. The first-order chi connectivity index (χ1) is 5.22. The van der Waals surface area contributed by atoms with E-state index in [9.17, 15) is 4.79 Å². The second-order valence-electron chi connectivity index (χ2n) is 3.56. The molecular weight excluding hydrogens is 140 g/mol. The predicted octanol–water partition coefficient (Wildman–Crippen LogP) is 2.29. The van der Waals surface area contributed by atoms with Crippen molar-refractivity contribution in [3.63, 3.8) is 0 Å². The Morgan fingerprint density at radius 3 is 2.55 bits per heavy atom. The van der Waals surface area contributed by atoms with Crippen LogP contribution in [0, 0.1) is 11.8 Å². The van der Waals surface area contributed by atoms with Gasteiger partial charge in [-0.05, 0) is 18.8 Å². The van der Waals surface area contributed by atoms with E-state index in [2.05, 4.69) is 6.92 Å². The molecule has 2 nitrogen and oxygen atoms in total. The Hall–Kier alpha value is -0.530. The lowest BCUT2D eigenvalue weighted by atomic mass is 9.90. The van der Waals surface area contributed by atoms with E-state index in [1.165, 1.54) is 12.8 Å². The maximum atomic E-state index is 10.7. The fourth-order valence-corrected chi connectivity index (χ4v) is 1.86. The smallest absolute Gasteiger partial charge is 0.306 e. The molecule has 0 aromatic carbocycles. The maximum Gasteiger partial charge on any atom is 0.306 e. The number of aliphatic carboxylic acids is 1. The van der Waals surface area contributed by atoms with Crippen LogP contribution in [0.25, 0.3) is 0 Å². The van der Waals surface area contributed by atoms with Crippen molar-refractivity contribution in [3.05, 3.63) is 0 Å². The molecule has 0 saturated heterocycles. The summed E-state index contributed by atoms with van der Waals surface area (Å²) in [5, 5.41) is 8.83. The number of hydrogen-bond donors (Lipinski definition) is 1. The quantitative estimate of drug-likeness (QED) is 0.591. The number of carboxylic acid groups (broad SMARTS) is 1. The molecule has 1 aliphatic rings. The van der Waals surface area contributed by atoms with Crippen LogP contribution in [0.15, 0.2) is 0 Å². The molecule has 1 rings (SSSR count). The van der Waals surface area contributed by atoms with Crippen LogP contribution in [-0.2, 0) is 4.79 Å². The van der Waals surface area contributed by atoms with Crippen molar-refractivity contribution in [1.29, 1.82) is 0 Å². The van der Waals surface area contributed by atoms with E-state index in [1.54, 1.807) is 0 Å². The summed E-state index contributed by atoms with van der Waals surface area (Å²) in [4.78, 5) is 10.7. The normalized spacial score (nSPS) is 32.8. The molecule has 0 bridgehead atoms. The minimum atomic E-state index is -0.598. The SMILES string of the molecule is CC1CCCCC[C@H]1C(=O)O. The Morgan fingerprint density at radius 2 is 1.91 bits per heavy atom. The summed E-state index contributed by atoms with van der Waals surface area (Å²) in [6.07, 6.45) is 5.51. The zero-order chi connectivity index (χ0) is 8.27. The van der Waals surface area contributed by atoms with E-state index in [0.29, 0.717) is 5.92 Å². The van der Waals surface area contributed by atoms with Crippen molar-refractivity contribution in [2.45, 2.75) is 39.0 Å². The molecule has 1 N–H and O–H groups in total. The third kappa shape index (κ3) is 2.21. The van der Waals surface area contributed by atoms with Gasteiger partial charge in [0.2, 0.25) is 0 Å². The summed E-state index contributed by atoms with van der Waals surface area (Å²) in [7, 11) is 0. The fraction of sp³-hybridized carbons (Fsp3) is 0.889. The molecule has 0 aromatic heterocycles. The van der Waals surface area contributed by atoms with Crippen molar-refractivity contribution in [3.8, 4) is 0 Å². The highest BCUT2D eigenvalue weighted by atomic mass is 16.4. The van der Waals surface area contributed by atoms with Crippen LogP contribution in [0.2, 0.25) is 0 Å². The van der Waals surface area contributed by atoms with Crippen LogP contribution < -0.4 is 0 Å². The van der Waals surface area contributed by atoms with Gasteiger partial charge in [-0.25, -0.2) is 0 Å². The minimum Gasteiger partial charge on any atom is -0.481 e. The van der Waals surface area contributed by atoms with Gasteiger partial charge in [0, 0.05) is 0 Å². The lowest BCUT2D eigenvalue weighted by molar-refractivity contribution is -0.143. The Bertz CT molecular complexity index is 142. The monoisotopic (exact) mass is 156 g/mol. The number of rotatable bonds is 1. The predicted molar refractivity (Wildman–Crippen MR) is 43.4 cm³/mol. The number of carbonyl (C=O) groups is 1. The molecule has 0 heterocycles. The molecule has 1 saturated carbocycles. The van der Waals surface area contributed by atoms with E-state index < -0.39 is 5.97 Å². The van der Waals surface area contributed by atoms with E-state index in [0.717, 1.165) is 19.3 Å². The van der Waals surface area contributed by atoms with Crippen molar-refractivity contribution < 1.29 is 9.90 Å². The number of hydrogen-bond acceptors (Lipinski definition) is 1. The molecule has 11 heavy (non-hydrogen) atoms. The summed E-state index contributed by atoms with van der Waals surface area (Å²) in [6, 6.07) is 0. The van der Waals surface area contributed by atoms with E-state index in [1.807, 2.05) is 0 Å². The van der Waals surface area contributed by atoms with Crippen molar-refractivity contribution >= 4 is 5.97 Å². The highest BCUT2D eigenvalue weighted by Crippen LogP contribution is 2.28. The first kappa shape index (κ1) is 8.57. The van der Waals surface area contributed by atoms with Gasteiger partial charge in [-0.15, -0.1) is 0 Å². The Balaban J connectivity index is 2.52. The zero-order valence-electron chi connectivity index (χ0n) is 7.05. The summed E-state index contributed by atoms with van der Waals surface area (Å²) in [6.45, 7) is 2.06. The molecular formula is C9H16O2. The first-order valence-electron chi connectivity index (χ1n) is 4.44. The second kappa shape index (κ2) is 3.74. The van der Waals surface area contributed by atoms with E-state index >= 15 is 0 Å². The fourth-order valence-electron chi connectivity index (χ4n) is 1.86. The summed E-state index contributed by atoms with van der Waals surface area (Å²) < 4.78 is 0. The van der Waals surface area contributed by atoms with Crippen molar-refractivity contribution in [2.24, 2.45) is 11.8 Å². The van der Waals surface area contributed by atoms with Crippen LogP contribution in [0.1, 0.15) is 39.0 Å². The Labute approximate surface area is 67.6 Å². The van der Waals surface area contributed by atoms with Gasteiger partial charge in [0.25, 0.3) is 0 Å². The van der Waals surface area contributed by atoms with Gasteiger partial charge in [-0.2, -0.15) is 0 Å². The molecule has 2 atom stereocenters. The largest absolute Gasteiger partial charge is 0.481 e. The first-order valence-corrected chi connectivity index (χ1v) is 4.44. The molecule has 2 heteroatoms. The number of carboxylic acids is 1. The molecule has 0 aliphatic heterocycles. The molecule has 64 valence electrons. The summed E-state index contributed by atoms with van der Waals surface area (Å²) in [5.41, 5.74) is 0. The zero-order valence-corrected chi connectivity index (χ0v) is 7.05. The van der Waals surface area contributed by atoms with E-state index in [-0.39, 0.29) is 5.92 Å². The van der Waals surface area contributed by atoms with Crippen LogP contribution in [0.5, 0.6) is 0 Å². The van der Waals surface area contributed by atoms with Gasteiger partial charge >= 0.3 is 5.97 Å². The Morgan fingerprint density at radius 1 is 1.27 bits per heavy atom. The van der Waals surface area contributed by atoms with Crippen LogP contribution in [-0.4, -0.2) is 11.1 Å². The van der Waals surface area contributed by atoms with Crippen LogP contribution in [0.4, 0.5) is 0 Å². The summed E-state index contributed by atoms with van der Waals surface area (Å²) in [5.74, 6) is -0.285. The summed E-state index contributed by atoms with van der Waals surface area (Å²) >= 11 is 0. The minimum absolute atomic E-state index is 0.0718. The van der Waals surface area contributed by atoms with Gasteiger partial charge in [-0.1, -0.05) is 26.2 Å². The topological polar surface area (TPSA) is 37.3 Å². The molecule has 0 amide bonds. The van der Waals surface area contributed by atoms with E-state index in [4.69, 9.17) is 5.11 Å². The lowest BCUT2D eigenvalue weighted by Gasteiger charge is -2.15. The third-order valence-electron chi connectivity index (χ3n) is 2.68. The molecule has 1 fully saturated rings. The van der Waals surface area contributed by atoms with Crippen molar-refractivity contribution in [2.75, 3.05) is 0 Å². The average molecular weight is 156 g/mol. The van der Waals surface area contributed by atoms with Gasteiger partial charge in [0.05, 0.1) is 5.92 Å². The van der Waals surface area contributed by atoms with Gasteiger partial charge in [0.1, 0.15) is 0 Å². The Kier molecular flexibility index (Phi) is 2.92. The van der Waals surface area contributed by atoms with Crippen LogP contribution >= 0.6 is 0 Å².